The summed E-state index contributed by atoms with van der Waals surface area (Å²) < 4.78 is 1.59. The molecular formula is C44H92N4O2+2. The molecule has 0 saturated heterocycles. The Balaban J connectivity index is 3.58. The molecule has 0 saturated carbocycles. The number of likely N-dealkylation sites (N-methyl/N-ethyl adjacent to an activating group) is 2. The van der Waals surface area contributed by atoms with Gasteiger partial charge in [-0.3, -0.25) is 9.59 Å². The zero-order chi connectivity index (χ0) is 37.0. The third kappa shape index (κ3) is 36.6. The van der Waals surface area contributed by atoms with Gasteiger partial charge in [0, 0.05) is 13.1 Å². The van der Waals surface area contributed by atoms with E-state index in [1.807, 2.05) is 0 Å². The van der Waals surface area contributed by atoms with E-state index in [4.69, 9.17) is 0 Å². The molecule has 0 aliphatic rings. The van der Waals surface area contributed by atoms with Gasteiger partial charge in [0.2, 0.25) is 0 Å². The summed E-state index contributed by atoms with van der Waals surface area (Å²) in [5.74, 6) is 0.433. The number of hydrogen-bond donors (Lipinski definition) is 2. The molecule has 0 spiro atoms. The van der Waals surface area contributed by atoms with Gasteiger partial charge in [-0.05, 0) is 38.5 Å². The van der Waals surface area contributed by atoms with Crippen LogP contribution in [0.3, 0.4) is 0 Å². The van der Waals surface area contributed by atoms with Crippen LogP contribution in [0.2, 0.25) is 0 Å². The topological polar surface area (TPSA) is 58.2 Å². The van der Waals surface area contributed by atoms with Crippen LogP contribution >= 0.6 is 0 Å². The van der Waals surface area contributed by atoms with Crippen molar-refractivity contribution < 1.29 is 18.6 Å². The third-order valence-corrected chi connectivity index (χ3v) is 10.6. The Morgan fingerprint density at radius 3 is 0.820 bits per heavy atom. The van der Waals surface area contributed by atoms with Crippen LogP contribution in [0.4, 0.5) is 0 Å². The van der Waals surface area contributed by atoms with E-state index in [-0.39, 0.29) is 11.8 Å². The van der Waals surface area contributed by atoms with Crippen molar-refractivity contribution in [3.8, 4) is 0 Å². The van der Waals surface area contributed by atoms with Crippen LogP contribution in [-0.4, -0.2) is 88.2 Å². The van der Waals surface area contributed by atoms with Crippen molar-refractivity contribution in [1.82, 2.24) is 10.6 Å². The Labute approximate surface area is 314 Å². The summed E-state index contributed by atoms with van der Waals surface area (Å²) in [5, 5.41) is 6.34. The minimum atomic E-state index is 0.216. The molecule has 2 amide bonds. The second-order valence-electron chi connectivity index (χ2n) is 17.2. The molecule has 0 heterocycles. The third-order valence-electron chi connectivity index (χ3n) is 10.6. The summed E-state index contributed by atoms with van der Waals surface area (Å²) in [7, 11) is 8.81. The van der Waals surface area contributed by atoms with Gasteiger partial charge in [-0.15, -0.1) is 0 Å². The average Bonchev–Trinajstić information content (AvgIpc) is 3.06. The number of amides is 2. The van der Waals surface area contributed by atoms with Gasteiger partial charge in [0.25, 0.3) is 11.8 Å². The second-order valence-corrected chi connectivity index (χ2v) is 17.2. The van der Waals surface area contributed by atoms with Crippen molar-refractivity contribution in [3.05, 3.63) is 0 Å². The molecule has 0 unspecified atom stereocenters. The van der Waals surface area contributed by atoms with Crippen molar-refractivity contribution in [2.75, 3.05) is 67.5 Å². The molecule has 0 atom stereocenters. The first-order chi connectivity index (χ1) is 24.1. The van der Waals surface area contributed by atoms with Crippen molar-refractivity contribution in [2.24, 2.45) is 0 Å². The average molecular weight is 709 g/mol. The first kappa shape index (κ1) is 48.9. The Bertz CT molecular complexity index is 692. The highest BCUT2D eigenvalue weighted by Crippen LogP contribution is 2.14. The second kappa shape index (κ2) is 34.9. The zero-order valence-corrected chi connectivity index (χ0v) is 35.2. The van der Waals surface area contributed by atoms with E-state index < -0.39 is 0 Å². The Morgan fingerprint density at radius 2 is 0.560 bits per heavy atom. The van der Waals surface area contributed by atoms with Gasteiger partial charge in [0.15, 0.2) is 13.1 Å². The number of rotatable bonds is 39. The number of quaternary nitrogens is 2. The number of nitrogens with one attached hydrogen (secondary N) is 2. The van der Waals surface area contributed by atoms with E-state index in [1.165, 1.54) is 180 Å². The first-order valence-corrected chi connectivity index (χ1v) is 22.3. The molecule has 0 aromatic rings. The van der Waals surface area contributed by atoms with Crippen LogP contribution in [0, 0.1) is 0 Å². The van der Waals surface area contributed by atoms with Crippen LogP contribution in [0.5, 0.6) is 0 Å². The summed E-state index contributed by atoms with van der Waals surface area (Å²) in [6, 6.07) is 0. The molecule has 0 rings (SSSR count). The SMILES string of the molecule is CCCCCCCCCCCCNC(=O)C[N+](C)(C)CCCCCCCCCCCC[N+](C)(C)CC(=O)NCCCCCCCCCCCC. The van der Waals surface area contributed by atoms with Crippen LogP contribution < -0.4 is 10.6 Å². The van der Waals surface area contributed by atoms with Crippen LogP contribution in [0.25, 0.3) is 0 Å². The van der Waals surface area contributed by atoms with Gasteiger partial charge in [0.1, 0.15) is 0 Å². The van der Waals surface area contributed by atoms with Gasteiger partial charge >= 0.3 is 0 Å². The quantitative estimate of drug-likeness (QED) is 0.0493. The van der Waals surface area contributed by atoms with Gasteiger partial charge in [-0.25, -0.2) is 0 Å². The van der Waals surface area contributed by atoms with Crippen LogP contribution in [-0.2, 0) is 9.59 Å². The summed E-state index contributed by atoms with van der Waals surface area (Å²) in [4.78, 5) is 24.9. The lowest BCUT2D eigenvalue weighted by molar-refractivity contribution is -0.882. The predicted octanol–water partition coefficient (Wildman–Crippen LogP) is 11.1. The van der Waals surface area contributed by atoms with E-state index in [0.717, 1.165) is 48.0 Å². The van der Waals surface area contributed by atoms with Gasteiger partial charge in [-0.1, -0.05) is 168 Å². The Morgan fingerprint density at radius 1 is 0.340 bits per heavy atom. The van der Waals surface area contributed by atoms with Crippen molar-refractivity contribution in [3.63, 3.8) is 0 Å². The van der Waals surface area contributed by atoms with Crippen LogP contribution in [0.15, 0.2) is 0 Å². The zero-order valence-electron chi connectivity index (χ0n) is 35.2. The molecule has 0 aliphatic carbocycles. The van der Waals surface area contributed by atoms with Crippen LogP contribution in [0.1, 0.15) is 206 Å². The minimum Gasteiger partial charge on any atom is -0.351 e. The standard InChI is InChI=1S/C44H90N4O2/c1-7-9-11-13-15-17-21-25-29-33-37-45-43(49)41-47(3,4)39-35-31-27-23-19-20-24-28-32-36-40-48(5,6)42-44(50)46-38-34-30-26-22-18-16-14-12-10-8-2/h7-42H2,1-6H3/p+2. The van der Waals surface area contributed by atoms with Crippen molar-refractivity contribution in [2.45, 2.75) is 206 Å². The highest BCUT2D eigenvalue weighted by molar-refractivity contribution is 5.77. The Kier molecular flexibility index (Phi) is 34.1. The summed E-state index contributed by atoms with van der Waals surface area (Å²) in [6.45, 7) is 9.59. The van der Waals surface area contributed by atoms with Gasteiger partial charge < -0.3 is 19.6 Å². The lowest BCUT2D eigenvalue weighted by atomic mass is 10.1. The van der Waals surface area contributed by atoms with Gasteiger partial charge in [0.05, 0.1) is 41.3 Å². The molecule has 6 nitrogen and oxygen atoms in total. The highest BCUT2D eigenvalue weighted by atomic mass is 16.2. The number of carbonyl (C=O) groups excluding carboxylic acids is 2. The lowest BCUT2D eigenvalue weighted by Gasteiger charge is -2.29. The summed E-state index contributed by atoms with van der Waals surface area (Å²) in [6.07, 6.45) is 39.6. The predicted molar refractivity (Wildman–Crippen MR) is 220 cm³/mol. The van der Waals surface area contributed by atoms with E-state index in [0.29, 0.717) is 13.1 Å². The summed E-state index contributed by atoms with van der Waals surface area (Å²) >= 11 is 0. The number of unbranched alkanes of at least 4 members (excludes halogenated alkanes) is 27. The molecule has 0 aliphatic heterocycles. The fourth-order valence-electron chi connectivity index (χ4n) is 7.22. The maximum absolute atomic E-state index is 12.5. The summed E-state index contributed by atoms with van der Waals surface area (Å²) in [5.41, 5.74) is 0. The highest BCUT2D eigenvalue weighted by Gasteiger charge is 2.20. The largest absolute Gasteiger partial charge is 0.351 e. The van der Waals surface area contributed by atoms with Crippen molar-refractivity contribution in [1.29, 1.82) is 0 Å². The molecule has 0 radical (unpaired) electrons. The molecule has 0 fully saturated rings. The van der Waals surface area contributed by atoms with Gasteiger partial charge in [-0.2, -0.15) is 0 Å². The minimum absolute atomic E-state index is 0.216. The number of nitrogens with zero attached hydrogens (tertiary/aromatic N) is 2. The lowest BCUT2D eigenvalue weighted by Crippen LogP contribution is -2.48. The smallest absolute Gasteiger partial charge is 0.275 e. The van der Waals surface area contributed by atoms with E-state index in [2.05, 4.69) is 52.7 Å². The molecule has 0 aromatic carbocycles. The van der Waals surface area contributed by atoms with E-state index in [1.54, 1.807) is 0 Å². The maximum atomic E-state index is 12.5. The molecule has 298 valence electrons. The Hall–Kier alpha value is -1.14. The monoisotopic (exact) mass is 709 g/mol. The van der Waals surface area contributed by atoms with E-state index in [9.17, 15) is 9.59 Å². The molecule has 0 bridgehead atoms. The fraction of sp³-hybridized carbons (Fsp3) is 0.955. The van der Waals surface area contributed by atoms with E-state index >= 15 is 0 Å². The molecular weight excluding hydrogens is 617 g/mol. The van der Waals surface area contributed by atoms with Crippen molar-refractivity contribution >= 4 is 11.8 Å². The maximum Gasteiger partial charge on any atom is 0.275 e. The molecule has 2 N–H and O–H groups in total. The normalized spacial score (nSPS) is 12.0. The number of carbonyl (C=O) groups is 2. The first-order valence-electron chi connectivity index (χ1n) is 22.3. The molecule has 50 heavy (non-hydrogen) atoms. The molecule has 6 heteroatoms. The fourth-order valence-corrected chi connectivity index (χ4v) is 7.22. The number of hydrogen-bond acceptors (Lipinski definition) is 2. The molecule has 0 aromatic heterocycles.